The van der Waals surface area contributed by atoms with Crippen molar-refractivity contribution in [1.82, 2.24) is 20.4 Å². The highest BCUT2D eigenvalue weighted by molar-refractivity contribution is 5.79. The van der Waals surface area contributed by atoms with Gasteiger partial charge in [0.25, 0.3) is 0 Å². The van der Waals surface area contributed by atoms with E-state index in [0.29, 0.717) is 19.7 Å². The fraction of sp³-hybridized carbons (Fsp3) is 0.360. The maximum Gasteiger partial charge on any atom is 0.191 e. The van der Waals surface area contributed by atoms with E-state index in [1.807, 2.05) is 36.0 Å². The second kappa shape index (κ2) is 10.3. The number of ether oxygens (including phenoxy) is 2. The van der Waals surface area contributed by atoms with Gasteiger partial charge in [-0.2, -0.15) is 5.10 Å². The van der Waals surface area contributed by atoms with E-state index in [-0.39, 0.29) is 6.10 Å². The number of aryl methyl sites for hydroxylation is 2. The Bertz CT molecular complexity index is 1070. The molecule has 1 aliphatic rings. The number of para-hydroxylation sites is 1. The Balaban J connectivity index is 1.39. The highest BCUT2D eigenvalue weighted by atomic mass is 16.5. The summed E-state index contributed by atoms with van der Waals surface area (Å²) >= 11 is 0. The van der Waals surface area contributed by atoms with E-state index in [9.17, 15) is 0 Å². The van der Waals surface area contributed by atoms with Gasteiger partial charge in [0.05, 0.1) is 24.6 Å². The standard InChI is InChI=1S/C25H31N5O2/c1-18-8-9-21(24(14-18)32-22-11-13-31-17-22)16-28-25(26-3)27-15-20-6-4-5-7-23(20)30-12-10-19(2)29-30/h4-10,12,14,22H,11,13,15-17H2,1-3H3,(H2,26,27,28). The Labute approximate surface area is 189 Å². The minimum Gasteiger partial charge on any atom is -0.488 e. The molecule has 7 heteroatoms. The number of nitrogens with one attached hydrogen (secondary N) is 2. The number of nitrogens with zero attached hydrogens (tertiary/aromatic N) is 3. The number of benzene rings is 2. The van der Waals surface area contributed by atoms with Gasteiger partial charge in [-0.15, -0.1) is 0 Å². The van der Waals surface area contributed by atoms with Crippen LogP contribution in [0.3, 0.4) is 0 Å². The topological polar surface area (TPSA) is 72.7 Å². The molecule has 1 atom stereocenters. The number of hydrogen-bond donors (Lipinski definition) is 2. The van der Waals surface area contributed by atoms with Gasteiger partial charge in [-0.3, -0.25) is 4.99 Å². The number of aliphatic imine (C=N–C) groups is 1. The number of hydrogen-bond acceptors (Lipinski definition) is 4. The third kappa shape index (κ3) is 5.48. The predicted octanol–water partition coefficient (Wildman–Crippen LogP) is 3.52. The van der Waals surface area contributed by atoms with Crippen LogP contribution < -0.4 is 15.4 Å². The van der Waals surface area contributed by atoms with Crippen molar-refractivity contribution in [3.8, 4) is 11.4 Å². The molecule has 0 amide bonds. The second-order valence-electron chi connectivity index (χ2n) is 8.02. The molecular formula is C25H31N5O2. The summed E-state index contributed by atoms with van der Waals surface area (Å²) in [5.74, 6) is 1.63. The average Bonchev–Trinajstić information content (AvgIpc) is 3.47. The maximum absolute atomic E-state index is 6.21. The molecule has 168 valence electrons. The number of aromatic nitrogens is 2. The number of guanidine groups is 1. The third-order valence-electron chi connectivity index (χ3n) is 5.48. The van der Waals surface area contributed by atoms with Crippen LogP contribution in [0.15, 0.2) is 59.7 Å². The Kier molecular flexibility index (Phi) is 7.07. The fourth-order valence-corrected chi connectivity index (χ4v) is 3.71. The molecule has 2 heterocycles. The molecule has 2 aromatic carbocycles. The molecule has 1 aliphatic heterocycles. The molecule has 3 aromatic rings. The van der Waals surface area contributed by atoms with Crippen molar-refractivity contribution in [2.24, 2.45) is 4.99 Å². The highest BCUT2D eigenvalue weighted by Crippen LogP contribution is 2.24. The average molecular weight is 434 g/mol. The molecule has 32 heavy (non-hydrogen) atoms. The first-order valence-electron chi connectivity index (χ1n) is 11.0. The van der Waals surface area contributed by atoms with Crippen molar-refractivity contribution in [3.05, 3.63) is 77.1 Å². The summed E-state index contributed by atoms with van der Waals surface area (Å²) in [4.78, 5) is 4.39. The van der Waals surface area contributed by atoms with Gasteiger partial charge in [-0.25, -0.2) is 4.68 Å². The zero-order valence-corrected chi connectivity index (χ0v) is 19.0. The lowest BCUT2D eigenvalue weighted by atomic mass is 10.1. The van der Waals surface area contributed by atoms with E-state index in [0.717, 1.165) is 47.2 Å². The highest BCUT2D eigenvalue weighted by Gasteiger charge is 2.19. The van der Waals surface area contributed by atoms with Gasteiger partial charge in [-0.1, -0.05) is 30.3 Å². The van der Waals surface area contributed by atoms with E-state index in [4.69, 9.17) is 9.47 Å². The van der Waals surface area contributed by atoms with Gasteiger partial charge >= 0.3 is 0 Å². The summed E-state index contributed by atoms with van der Waals surface area (Å²) in [6, 6.07) is 16.5. The SMILES string of the molecule is CN=C(NCc1ccc(C)cc1OC1CCOC1)NCc1ccccc1-n1ccc(C)n1. The van der Waals surface area contributed by atoms with Crippen LogP contribution >= 0.6 is 0 Å². The van der Waals surface area contributed by atoms with Gasteiger partial charge in [0.15, 0.2) is 5.96 Å². The largest absolute Gasteiger partial charge is 0.488 e. The smallest absolute Gasteiger partial charge is 0.191 e. The minimum absolute atomic E-state index is 0.121. The zero-order valence-electron chi connectivity index (χ0n) is 19.0. The van der Waals surface area contributed by atoms with Gasteiger partial charge in [0, 0.05) is 38.3 Å². The molecular weight excluding hydrogens is 402 g/mol. The van der Waals surface area contributed by atoms with Gasteiger partial charge in [0.2, 0.25) is 0 Å². The molecule has 7 nitrogen and oxygen atoms in total. The Morgan fingerprint density at radius 3 is 2.66 bits per heavy atom. The van der Waals surface area contributed by atoms with Crippen molar-refractivity contribution < 1.29 is 9.47 Å². The van der Waals surface area contributed by atoms with E-state index in [1.165, 1.54) is 5.56 Å². The molecule has 2 N–H and O–H groups in total. The summed E-state index contributed by atoms with van der Waals surface area (Å²) in [6.07, 6.45) is 3.03. The summed E-state index contributed by atoms with van der Waals surface area (Å²) in [7, 11) is 1.78. The molecule has 0 saturated carbocycles. The molecule has 0 radical (unpaired) electrons. The first-order chi connectivity index (χ1) is 15.6. The van der Waals surface area contributed by atoms with Crippen LogP contribution in [0, 0.1) is 13.8 Å². The molecule has 0 spiro atoms. The molecule has 1 aromatic heterocycles. The van der Waals surface area contributed by atoms with Crippen LogP contribution in [0.25, 0.3) is 5.69 Å². The van der Waals surface area contributed by atoms with Crippen LogP contribution in [-0.2, 0) is 17.8 Å². The van der Waals surface area contributed by atoms with Crippen molar-refractivity contribution in [1.29, 1.82) is 0 Å². The zero-order chi connectivity index (χ0) is 22.3. The summed E-state index contributed by atoms with van der Waals surface area (Å²) in [6.45, 7) is 6.73. The van der Waals surface area contributed by atoms with Crippen LogP contribution in [0.1, 0.15) is 28.8 Å². The Hall–Kier alpha value is -3.32. The van der Waals surface area contributed by atoms with E-state index >= 15 is 0 Å². The Morgan fingerprint density at radius 2 is 1.94 bits per heavy atom. The quantitative estimate of drug-likeness (QED) is 0.441. The van der Waals surface area contributed by atoms with Crippen LogP contribution in [0.2, 0.25) is 0 Å². The molecule has 1 saturated heterocycles. The van der Waals surface area contributed by atoms with Gasteiger partial charge in [0.1, 0.15) is 11.9 Å². The molecule has 0 bridgehead atoms. The molecule has 1 fully saturated rings. The molecule has 1 unspecified atom stereocenters. The lowest BCUT2D eigenvalue weighted by molar-refractivity contribution is 0.140. The van der Waals surface area contributed by atoms with Crippen molar-refractivity contribution in [2.45, 2.75) is 39.5 Å². The molecule has 0 aliphatic carbocycles. The number of rotatable bonds is 7. The summed E-state index contributed by atoms with van der Waals surface area (Å²) in [5.41, 5.74) is 5.45. The second-order valence-corrected chi connectivity index (χ2v) is 8.02. The lowest BCUT2D eigenvalue weighted by Gasteiger charge is -2.18. The van der Waals surface area contributed by atoms with Crippen LogP contribution in [-0.4, -0.2) is 42.1 Å². The van der Waals surface area contributed by atoms with Gasteiger partial charge in [-0.05, 0) is 43.2 Å². The summed E-state index contributed by atoms with van der Waals surface area (Å²) < 4.78 is 13.6. The van der Waals surface area contributed by atoms with Crippen LogP contribution in [0.5, 0.6) is 5.75 Å². The first-order valence-corrected chi connectivity index (χ1v) is 11.0. The monoisotopic (exact) mass is 433 g/mol. The first kappa shape index (κ1) is 21.9. The summed E-state index contributed by atoms with van der Waals surface area (Å²) in [5, 5.41) is 11.4. The maximum atomic E-state index is 6.21. The normalized spacial score (nSPS) is 16.2. The van der Waals surface area contributed by atoms with Crippen molar-refractivity contribution in [3.63, 3.8) is 0 Å². The van der Waals surface area contributed by atoms with E-state index < -0.39 is 0 Å². The van der Waals surface area contributed by atoms with Gasteiger partial charge < -0.3 is 20.1 Å². The lowest BCUT2D eigenvalue weighted by Crippen LogP contribution is -2.36. The van der Waals surface area contributed by atoms with Crippen LogP contribution in [0.4, 0.5) is 0 Å². The van der Waals surface area contributed by atoms with E-state index in [2.05, 4.69) is 58.0 Å². The minimum atomic E-state index is 0.121. The van der Waals surface area contributed by atoms with Crippen molar-refractivity contribution in [2.75, 3.05) is 20.3 Å². The predicted molar refractivity (Wildman–Crippen MR) is 126 cm³/mol. The van der Waals surface area contributed by atoms with E-state index in [1.54, 1.807) is 7.05 Å². The Morgan fingerprint density at radius 1 is 1.12 bits per heavy atom. The van der Waals surface area contributed by atoms with Crippen molar-refractivity contribution >= 4 is 5.96 Å². The fourth-order valence-electron chi connectivity index (χ4n) is 3.71. The third-order valence-corrected chi connectivity index (χ3v) is 5.48. The molecule has 4 rings (SSSR count).